The summed E-state index contributed by atoms with van der Waals surface area (Å²) in [6, 6.07) is 12.4. The molecule has 3 aromatic heterocycles. The minimum absolute atomic E-state index is 0.284. The predicted molar refractivity (Wildman–Crippen MR) is 113 cm³/mol. The maximum atomic E-state index is 12.7. The van der Waals surface area contributed by atoms with E-state index in [1.54, 1.807) is 55.9 Å². The van der Waals surface area contributed by atoms with Gasteiger partial charge >= 0.3 is 0 Å². The maximum absolute atomic E-state index is 12.7. The average molecular weight is 403 g/mol. The number of pyridine rings is 2. The van der Waals surface area contributed by atoms with Gasteiger partial charge in [0.25, 0.3) is 5.91 Å². The fourth-order valence-electron chi connectivity index (χ4n) is 3.07. The molecule has 1 aromatic carbocycles. The zero-order valence-electron chi connectivity index (χ0n) is 16.9. The standard InChI is InChI=1S/C22H21N5O3/c1-27(2)13-16-7-6-14(11-18(16)29-3)21(28)25-19-12-15(8-10-23-19)22-26-20-17(30-22)5-4-9-24-20/h4-12H,13H2,1-3H3,(H,23,25,28). The number of aromatic nitrogens is 3. The third-order valence-corrected chi connectivity index (χ3v) is 4.45. The molecule has 0 atom stereocenters. The molecule has 0 aliphatic carbocycles. The van der Waals surface area contributed by atoms with Crippen LogP contribution in [0, 0.1) is 0 Å². The summed E-state index contributed by atoms with van der Waals surface area (Å²) in [5.41, 5.74) is 3.30. The Bertz CT molecular complexity index is 1170. The first kappa shape index (κ1) is 19.5. The van der Waals surface area contributed by atoms with Gasteiger partial charge in [-0.25, -0.2) is 9.97 Å². The molecule has 1 N–H and O–H groups in total. The molecule has 1 amide bonds. The number of hydrogen-bond donors (Lipinski definition) is 1. The van der Waals surface area contributed by atoms with E-state index in [4.69, 9.17) is 9.15 Å². The van der Waals surface area contributed by atoms with Gasteiger partial charge in [0.15, 0.2) is 11.2 Å². The number of rotatable bonds is 6. The number of nitrogens with one attached hydrogen (secondary N) is 1. The Morgan fingerprint density at radius 3 is 2.77 bits per heavy atom. The van der Waals surface area contributed by atoms with Gasteiger partial charge in [0.05, 0.1) is 7.11 Å². The van der Waals surface area contributed by atoms with E-state index in [2.05, 4.69) is 20.3 Å². The summed E-state index contributed by atoms with van der Waals surface area (Å²) >= 11 is 0. The van der Waals surface area contributed by atoms with Gasteiger partial charge in [-0.1, -0.05) is 6.07 Å². The first-order valence-electron chi connectivity index (χ1n) is 9.34. The van der Waals surface area contributed by atoms with E-state index in [1.165, 1.54) is 0 Å². The van der Waals surface area contributed by atoms with Gasteiger partial charge < -0.3 is 19.4 Å². The second-order valence-corrected chi connectivity index (χ2v) is 6.99. The van der Waals surface area contributed by atoms with Crippen LogP contribution in [0.5, 0.6) is 5.75 Å². The van der Waals surface area contributed by atoms with E-state index in [0.29, 0.717) is 46.4 Å². The topological polar surface area (TPSA) is 93.4 Å². The Morgan fingerprint density at radius 2 is 2.00 bits per heavy atom. The van der Waals surface area contributed by atoms with Crippen LogP contribution in [0.2, 0.25) is 0 Å². The number of fused-ring (bicyclic) bond motifs is 1. The van der Waals surface area contributed by atoms with Crippen molar-refractivity contribution >= 4 is 23.0 Å². The summed E-state index contributed by atoms with van der Waals surface area (Å²) in [6.45, 7) is 0.716. The Labute approximate surface area is 173 Å². The van der Waals surface area contributed by atoms with Gasteiger partial charge in [-0.05, 0) is 50.5 Å². The fourth-order valence-corrected chi connectivity index (χ4v) is 3.07. The monoisotopic (exact) mass is 403 g/mol. The first-order chi connectivity index (χ1) is 14.5. The van der Waals surface area contributed by atoms with Crippen molar-refractivity contribution < 1.29 is 13.9 Å². The third kappa shape index (κ3) is 4.13. The molecule has 4 aromatic rings. The molecule has 0 radical (unpaired) electrons. The fraction of sp³-hybridized carbons (Fsp3) is 0.182. The highest BCUT2D eigenvalue weighted by Crippen LogP contribution is 2.25. The van der Waals surface area contributed by atoms with Crippen molar-refractivity contribution in [2.24, 2.45) is 0 Å². The van der Waals surface area contributed by atoms with Gasteiger partial charge in [-0.15, -0.1) is 0 Å². The highest BCUT2D eigenvalue weighted by atomic mass is 16.5. The lowest BCUT2D eigenvalue weighted by atomic mass is 10.1. The number of methoxy groups -OCH3 is 1. The van der Waals surface area contributed by atoms with Crippen LogP contribution in [-0.2, 0) is 6.54 Å². The van der Waals surface area contributed by atoms with E-state index >= 15 is 0 Å². The van der Waals surface area contributed by atoms with Crippen LogP contribution in [-0.4, -0.2) is 47.0 Å². The molecule has 4 rings (SSSR count). The van der Waals surface area contributed by atoms with Crippen LogP contribution in [0.4, 0.5) is 5.82 Å². The zero-order valence-corrected chi connectivity index (χ0v) is 16.9. The quantitative estimate of drug-likeness (QED) is 0.526. The second kappa shape index (κ2) is 8.30. The Morgan fingerprint density at radius 1 is 1.13 bits per heavy atom. The molecule has 30 heavy (non-hydrogen) atoms. The molecule has 0 aliphatic rings. The molecule has 8 heteroatoms. The van der Waals surface area contributed by atoms with Crippen molar-refractivity contribution in [1.82, 2.24) is 19.9 Å². The summed E-state index contributed by atoms with van der Waals surface area (Å²) in [6.07, 6.45) is 3.25. The van der Waals surface area contributed by atoms with E-state index < -0.39 is 0 Å². The van der Waals surface area contributed by atoms with Gasteiger partial charge in [-0.2, -0.15) is 4.98 Å². The van der Waals surface area contributed by atoms with Crippen molar-refractivity contribution in [1.29, 1.82) is 0 Å². The number of carbonyl (C=O) groups is 1. The molecule has 3 heterocycles. The summed E-state index contributed by atoms with van der Waals surface area (Å²) in [7, 11) is 5.55. The molecule has 0 fully saturated rings. The highest BCUT2D eigenvalue weighted by Gasteiger charge is 2.14. The minimum Gasteiger partial charge on any atom is -0.496 e. The van der Waals surface area contributed by atoms with E-state index in [9.17, 15) is 4.79 Å². The van der Waals surface area contributed by atoms with Crippen LogP contribution >= 0.6 is 0 Å². The number of carbonyl (C=O) groups excluding carboxylic acids is 1. The zero-order chi connectivity index (χ0) is 21.1. The molecule has 0 saturated heterocycles. The van der Waals surface area contributed by atoms with Crippen molar-refractivity contribution in [3.63, 3.8) is 0 Å². The molecule has 0 unspecified atom stereocenters. The lowest BCUT2D eigenvalue weighted by Crippen LogP contribution is -2.15. The van der Waals surface area contributed by atoms with Gasteiger partial charge in [0.2, 0.25) is 5.89 Å². The number of oxazole rings is 1. The molecule has 0 saturated carbocycles. The average Bonchev–Trinajstić information content (AvgIpc) is 3.18. The van der Waals surface area contributed by atoms with Crippen LogP contribution in [0.25, 0.3) is 22.7 Å². The molecule has 152 valence electrons. The van der Waals surface area contributed by atoms with Gasteiger partial charge in [0.1, 0.15) is 11.6 Å². The largest absolute Gasteiger partial charge is 0.496 e. The highest BCUT2D eigenvalue weighted by molar-refractivity contribution is 6.04. The summed E-state index contributed by atoms with van der Waals surface area (Å²) in [5.74, 6) is 1.19. The van der Waals surface area contributed by atoms with E-state index in [-0.39, 0.29) is 5.91 Å². The summed E-state index contributed by atoms with van der Waals surface area (Å²) in [5, 5.41) is 2.81. The first-order valence-corrected chi connectivity index (χ1v) is 9.34. The minimum atomic E-state index is -0.284. The van der Waals surface area contributed by atoms with Gasteiger partial charge in [-0.3, -0.25) is 4.79 Å². The normalized spacial score (nSPS) is 11.1. The maximum Gasteiger partial charge on any atom is 0.256 e. The third-order valence-electron chi connectivity index (χ3n) is 4.45. The molecular weight excluding hydrogens is 382 g/mol. The van der Waals surface area contributed by atoms with E-state index in [1.807, 2.05) is 25.1 Å². The lowest BCUT2D eigenvalue weighted by molar-refractivity contribution is 0.102. The SMILES string of the molecule is COc1cc(C(=O)Nc2cc(-c3nc4ncccc4o3)ccn2)ccc1CN(C)C. The molecule has 0 bridgehead atoms. The van der Waals surface area contributed by atoms with Crippen LogP contribution in [0.15, 0.2) is 59.3 Å². The van der Waals surface area contributed by atoms with Crippen molar-refractivity contribution in [2.75, 3.05) is 26.5 Å². The van der Waals surface area contributed by atoms with E-state index in [0.717, 1.165) is 5.56 Å². The summed E-state index contributed by atoms with van der Waals surface area (Å²) < 4.78 is 11.2. The van der Waals surface area contributed by atoms with Crippen LogP contribution in [0.1, 0.15) is 15.9 Å². The number of nitrogens with zero attached hydrogens (tertiary/aromatic N) is 4. The van der Waals surface area contributed by atoms with Crippen LogP contribution in [0.3, 0.4) is 0 Å². The van der Waals surface area contributed by atoms with Crippen LogP contribution < -0.4 is 10.1 Å². The Kier molecular flexibility index (Phi) is 5.40. The molecule has 0 aliphatic heterocycles. The smallest absolute Gasteiger partial charge is 0.256 e. The Hall–Kier alpha value is -3.78. The number of benzene rings is 1. The predicted octanol–water partition coefficient (Wildman–Crippen LogP) is 3.61. The second-order valence-electron chi connectivity index (χ2n) is 6.99. The molecule has 8 nitrogen and oxygen atoms in total. The van der Waals surface area contributed by atoms with Crippen molar-refractivity contribution in [3.05, 3.63) is 66.0 Å². The number of ether oxygens (including phenoxy) is 1. The number of hydrogen-bond acceptors (Lipinski definition) is 7. The van der Waals surface area contributed by atoms with Crippen molar-refractivity contribution in [2.45, 2.75) is 6.54 Å². The number of amides is 1. The van der Waals surface area contributed by atoms with Gasteiger partial charge in [0, 0.05) is 35.6 Å². The Balaban J connectivity index is 1.56. The lowest BCUT2D eigenvalue weighted by Gasteiger charge is -2.14. The van der Waals surface area contributed by atoms with Crippen molar-refractivity contribution in [3.8, 4) is 17.2 Å². The molecular formula is C22H21N5O3. The summed E-state index contributed by atoms with van der Waals surface area (Å²) in [4.78, 5) is 27.6. The number of anilines is 1. The molecule has 0 spiro atoms.